The van der Waals surface area contributed by atoms with Crippen LogP contribution in [0.2, 0.25) is 0 Å². The Hall–Kier alpha value is -0.100. The molecule has 266 valence electrons. The summed E-state index contributed by atoms with van der Waals surface area (Å²) in [7, 11) is 0. The summed E-state index contributed by atoms with van der Waals surface area (Å²) in [6, 6.07) is 4.04. The Morgan fingerprint density at radius 3 is 0.739 bits per heavy atom. The molecule has 4 nitrogen and oxygen atoms in total. The molecule has 0 saturated carbocycles. The summed E-state index contributed by atoms with van der Waals surface area (Å²) in [6.07, 6.45) is 39.7. The maximum absolute atomic E-state index is 10.2. The molecule has 0 bridgehead atoms. The van der Waals surface area contributed by atoms with Crippen LogP contribution in [0.15, 0.2) is 22.9 Å². The molecule has 0 spiro atoms. The normalized spacial score (nSPS) is 10.3. The molecule has 0 aliphatic rings. The topological polar surface area (TPSA) is 80.3 Å². The van der Waals surface area contributed by atoms with Gasteiger partial charge in [0, 0.05) is 11.9 Å². The average Bonchev–Trinajstić information content (AvgIpc) is 3.62. The quantitative estimate of drug-likeness (QED) is 0.0556. The largest absolute Gasteiger partial charge is 2.00 e. The van der Waals surface area contributed by atoms with Gasteiger partial charge in [0.25, 0.3) is 0 Å². The number of carboxylic acids is 2. The first kappa shape index (κ1) is 50.3. The molecule has 1 heterocycles. The Morgan fingerprint density at radius 1 is 0.391 bits per heavy atom. The maximum Gasteiger partial charge on any atom is 2.00 e. The molecule has 0 N–H and O–H groups in total. The molecule has 1 aromatic heterocycles. The van der Waals surface area contributed by atoms with E-state index >= 15 is 0 Å². The van der Waals surface area contributed by atoms with Crippen LogP contribution in [0.3, 0.4) is 0 Å². The third-order valence-corrected chi connectivity index (χ3v) is 9.02. The van der Waals surface area contributed by atoms with Crippen LogP contribution in [0, 0.1) is 0 Å². The fourth-order valence-corrected chi connectivity index (χ4v) is 5.96. The maximum atomic E-state index is 10.2. The van der Waals surface area contributed by atoms with Crippen LogP contribution >= 0.6 is 11.3 Å². The van der Waals surface area contributed by atoms with Gasteiger partial charge in [-0.2, -0.15) is 11.3 Å². The molecule has 0 saturated heterocycles. The smallest absolute Gasteiger partial charge is 0.550 e. The Morgan fingerprint density at radius 2 is 0.587 bits per heavy atom. The summed E-state index contributed by atoms with van der Waals surface area (Å²) in [5, 5.41) is 24.5. The molecular weight excluding hydrogens is 617 g/mol. The van der Waals surface area contributed by atoms with Gasteiger partial charge < -0.3 is 19.8 Å². The molecule has 0 atom stereocenters. The van der Waals surface area contributed by atoms with Crippen molar-refractivity contribution in [2.24, 2.45) is 0 Å². The van der Waals surface area contributed by atoms with E-state index in [1.54, 1.807) is 11.3 Å². The van der Waals surface area contributed by atoms with Crippen molar-refractivity contribution in [1.29, 1.82) is 0 Å². The Labute approximate surface area is 320 Å². The summed E-state index contributed by atoms with van der Waals surface area (Å²) in [6.45, 7) is 4.53. The SMILES string of the molecule is CCCCCCCCCCCCCCCCCC(=O)[O-].CCCCCCCCCCCCCCCCCC(=O)[O-].[Ca+2].c1ccsc1. The van der Waals surface area contributed by atoms with Gasteiger partial charge in [-0.05, 0) is 36.4 Å². The summed E-state index contributed by atoms with van der Waals surface area (Å²) in [5.41, 5.74) is 0. The average molecular weight is 691 g/mol. The van der Waals surface area contributed by atoms with E-state index in [1.807, 2.05) is 22.9 Å². The van der Waals surface area contributed by atoms with Gasteiger partial charge in [-0.3, -0.25) is 0 Å². The molecule has 0 aromatic carbocycles. The van der Waals surface area contributed by atoms with Gasteiger partial charge >= 0.3 is 37.7 Å². The van der Waals surface area contributed by atoms with Crippen molar-refractivity contribution >= 4 is 61.0 Å². The Balaban J connectivity index is -0.000000681. The van der Waals surface area contributed by atoms with E-state index < -0.39 is 11.9 Å². The molecule has 0 amide bonds. The number of rotatable bonds is 32. The second kappa shape index (κ2) is 47.0. The molecular formula is C40H74CaO4S. The van der Waals surface area contributed by atoms with E-state index in [9.17, 15) is 19.8 Å². The van der Waals surface area contributed by atoms with Gasteiger partial charge in [-0.1, -0.05) is 206 Å². The number of aliphatic carboxylic acids is 2. The number of hydrogen-bond donors (Lipinski definition) is 0. The predicted molar refractivity (Wildman–Crippen MR) is 199 cm³/mol. The van der Waals surface area contributed by atoms with E-state index in [-0.39, 0.29) is 50.6 Å². The van der Waals surface area contributed by atoms with Crippen LogP contribution in [0.5, 0.6) is 0 Å². The van der Waals surface area contributed by atoms with Crippen molar-refractivity contribution in [3.63, 3.8) is 0 Å². The fourth-order valence-electron chi connectivity index (χ4n) is 5.51. The zero-order valence-electron chi connectivity index (χ0n) is 30.7. The second-order valence-electron chi connectivity index (χ2n) is 12.9. The summed E-state index contributed by atoms with van der Waals surface area (Å²) < 4.78 is 0. The number of carboxylic acid groups (broad SMARTS) is 2. The molecule has 0 unspecified atom stereocenters. The standard InChI is InChI=1S/2C18H36O2.C4H4S.Ca/c2*1-2-3-4-5-6-7-8-9-10-11-12-13-14-15-16-17-18(19)20;1-2-4-5-3-1;/h2*2-17H2,1H3,(H,19,20);1-4H;/q;;;+2/p-2. The fraction of sp³-hybridized carbons (Fsp3) is 0.850. The number of carbonyl (C=O) groups is 2. The molecule has 1 aromatic rings. The molecule has 1 rings (SSSR count). The van der Waals surface area contributed by atoms with Gasteiger partial charge in [0.15, 0.2) is 0 Å². The summed E-state index contributed by atoms with van der Waals surface area (Å²) in [4.78, 5) is 20.4. The van der Waals surface area contributed by atoms with Gasteiger partial charge in [0.05, 0.1) is 0 Å². The molecule has 0 fully saturated rings. The van der Waals surface area contributed by atoms with Crippen molar-refractivity contribution < 1.29 is 19.8 Å². The number of hydrogen-bond acceptors (Lipinski definition) is 5. The first-order chi connectivity index (χ1) is 22.0. The first-order valence-corrected chi connectivity index (χ1v) is 20.4. The van der Waals surface area contributed by atoms with Gasteiger partial charge in [-0.25, -0.2) is 0 Å². The predicted octanol–water partition coefficient (Wildman–Crippen LogP) is 11.4. The van der Waals surface area contributed by atoms with E-state index in [0.717, 1.165) is 25.7 Å². The zero-order chi connectivity index (χ0) is 33.3. The third kappa shape index (κ3) is 53.4. The number of unbranched alkanes of at least 4 members (excludes halogenated alkanes) is 28. The van der Waals surface area contributed by atoms with Crippen molar-refractivity contribution in [3.05, 3.63) is 22.9 Å². The minimum absolute atomic E-state index is 0. The van der Waals surface area contributed by atoms with Crippen molar-refractivity contribution in [2.45, 2.75) is 219 Å². The van der Waals surface area contributed by atoms with Crippen LogP contribution in [-0.4, -0.2) is 49.7 Å². The van der Waals surface area contributed by atoms with Crippen molar-refractivity contribution in [3.8, 4) is 0 Å². The van der Waals surface area contributed by atoms with E-state index in [1.165, 1.54) is 167 Å². The molecule has 0 radical (unpaired) electrons. The number of carbonyl (C=O) groups excluding carboxylic acids is 2. The van der Waals surface area contributed by atoms with Crippen LogP contribution in [0.1, 0.15) is 219 Å². The van der Waals surface area contributed by atoms with Crippen molar-refractivity contribution in [2.75, 3.05) is 0 Å². The summed E-state index contributed by atoms with van der Waals surface area (Å²) >= 11 is 1.71. The monoisotopic (exact) mass is 690 g/mol. The van der Waals surface area contributed by atoms with Crippen LogP contribution in [-0.2, 0) is 9.59 Å². The number of thiophene rings is 1. The Kier molecular flexibility index (Phi) is 51.4. The minimum Gasteiger partial charge on any atom is -0.550 e. The van der Waals surface area contributed by atoms with Gasteiger partial charge in [-0.15, -0.1) is 0 Å². The van der Waals surface area contributed by atoms with Gasteiger partial charge in [0.2, 0.25) is 0 Å². The van der Waals surface area contributed by atoms with E-state index in [2.05, 4.69) is 13.8 Å². The molecule has 6 heteroatoms. The Bertz CT molecular complexity index is 607. The van der Waals surface area contributed by atoms with Crippen molar-refractivity contribution in [1.82, 2.24) is 0 Å². The molecule has 0 aliphatic heterocycles. The molecule has 0 aliphatic carbocycles. The minimum atomic E-state index is -0.903. The zero-order valence-corrected chi connectivity index (χ0v) is 33.7. The molecule has 46 heavy (non-hydrogen) atoms. The first-order valence-electron chi connectivity index (χ1n) is 19.4. The van der Waals surface area contributed by atoms with Crippen LogP contribution < -0.4 is 10.2 Å². The van der Waals surface area contributed by atoms with E-state index in [4.69, 9.17) is 0 Å². The van der Waals surface area contributed by atoms with Gasteiger partial charge in [0.1, 0.15) is 0 Å². The third-order valence-electron chi connectivity index (χ3n) is 8.39. The van der Waals surface area contributed by atoms with Crippen LogP contribution in [0.4, 0.5) is 0 Å². The second-order valence-corrected chi connectivity index (χ2v) is 13.8. The summed E-state index contributed by atoms with van der Waals surface area (Å²) in [5.74, 6) is -1.81. The van der Waals surface area contributed by atoms with Crippen LogP contribution in [0.25, 0.3) is 0 Å². The van der Waals surface area contributed by atoms with E-state index in [0.29, 0.717) is 0 Å².